The van der Waals surface area contributed by atoms with Crippen LogP contribution in [0.4, 0.5) is 5.69 Å². The number of benzene rings is 1. The molecule has 13 heavy (non-hydrogen) atoms. The Hall–Kier alpha value is -0.183. The summed E-state index contributed by atoms with van der Waals surface area (Å²) in [6.07, 6.45) is 0. The quantitative estimate of drug-likeness (QED) is 0.474. The van der Waals surface area contributed by atoms with Gasteiger partial charge in [0.1, 0.15) is 0 Å². The summed E-state index contributed by atoms with van der Waals surface area (Å²) in [6, 6.07) is 6.57. The Morgan fingerprint density at radius 1 is 1.38 bits per heavy atom. The molecule has 0 aliphatic heterocycles. The van der Waals surface area contributed by atoms with E-state index >= 15 is 0 Å². The third-order valence-electron chi connectivity index (χ3n) is 1.93. The second-order valence-electron chi connectivity index (χ2n) is 3.39. The van der Waals surface area contributed by atoms with E-state index in [9.17, 15) is 0 Å². The highest BCUT2D eigenvalue weighted by atomic mass is 35.7. The van der Waals surface area contributed by atoms with Crippen LogP contribution in [0.1, 0.15) is 11.1 Å². The van der Waals surface area contributed by atoms with Crippen LogP contribution in [0.15, 0.2) is 18.2 Å². The summed E-state index contributed by atoms with van der Waals surface area (Å²) < 4.78 is 0. The lowest BCUT2D eigenvalue weighted by Gasteiger charge is -2.14. The molecule has 2 N–H and O–H groups in total. The number of rotatable bonds is 2. The van der Waals surface area contributed by atoms with Crippen LogP contribution in [0.3, 0.4) is 0 Å². The molecule has 0 amide bonds. The molecule has 0 radical (unpaired) electrons. The van der Waals surface area contributed by atoms with E-state index in [0.29, 0.717) is 6.04 Å². The van der Waals surface area contributed by atoms with Crippen molar-refractivity contribution in [3.63, 3.8) is 0 Å². The highest BCUT2D eigenvalue weighted by molar-refractivity contribution is 7.44. The van der Waals surface area contributed by atoms with Crippen LogP contribution in [0.2, 0.25) is 6.55 Å². The molecule has 1 aromatic carbocycles. The van der Waals surface area contributed by atoms with Crippen molar-refractivity contribution in [2.45, 2.75) is 19.5 Å². The molecule has 0 spiro atoms. The third kappa shape index (κ3) is 3.22. The van der Waals surface area contributed by atoms with Crippen molar-refractivity contribution >= 4 is 34.5 Å². The van der Waals surface area contributed by atoms with Gasteiger partial charge in [-0.25, -0.2) is 0 Å². The number of anilines is 1. The van der Waals surface area contributed by atoms with Gasteiger partial charge in [-0.15, -0.1) is 22.2 Å². The first-order chi connectivity index (χ1) is 5.90. The zero-order valence-electron chi connectivity index (χ0n) is 7.77. The van der Waals surface area contributed by atoms with E-state index in [1.807, 2.05) is 31.7 Å². The van der Waals surface area contributed by atoms with E-state index in [0.717, 1.165) is 11.3 Å². The lowest BCUT2D eigenvalue weighted by Crippen LogP contribution is -2.19. The maximum absolute atomic E-state index is 6.06. The Balaban J connectivity index is 3.00. The Kier molecular flexibility index (Phi) is 3.27. The summed E-state index contributed by atoms with van der Waals surface area (Å²) in [4.78, 5) is 0. The summed E-state index contributed by atoms with van der Waals surface area (Å²) in [5, 5.41) is 0. The Morgan fingerprint density at radius 3 is 2.46 bits per heavy atom. The van der Waals surface area contributed by atoms with Crippen molar-refractivity contribution in [2.24, 2.45) is 0 Å². The molecule has 0 aliphatic carbocycles. The van der Waals surface area contributed by atoms with Gasteiger partial charge in [0.2, 0.25) is 0 Å². The van der Waals surface area contributed by atoms with Crippen molar-refractivity contribution in [1.29, 1.82) is 0 Å². The van der Waals surface area contributed by atoms with E-state index in [1.165, 1.54) is 5.56 Å². The molecular formula is C9H13Cl2NSi. The standard InChI is InChI=1S/C9H13Cl2NSi/c1-7-4-3-5-9(12)8(7)6-13(2,10)11/h3-5H,6,12H2,1-2H3. The number of nitrogens with two attached hydrogens (primary N) is 1. The fraction of sp³-hybridized carbons (Fsp3) is 0.333. The predicted molar refractivity (Wildman–Crippen MR) is 62.6 cm³/mol. The first kappa shape index (κ1) is 10.9. The van der Waals surface area contributed by atoms with Gasteiger partial charge >= 0.3 is 0 Å². The first-order valence-corrected chi connectivity index (χ1v) is 8.85. The van der Waals surface area contributed by atoms with Gasteiger partial charge in [-0.05, 0) is 36.7 Å². The lowest BCUT2D eigenvalue weighted by atomic mass is 10.1. The zero-order valence-corrected chi connectivity index (χ0v) is 10.3. The van der Waals surface area contributed by atoms with E-state index < -0.39 is 6.69 Å². The van der Waals surface area contributed by atoms with Gasteiger partial charge in [0.15, 0.2) is 0 Å². The lowest BCUT2D eigenvalue weighted by molar-refractivity contribution is 1.28. The number of hydrogen-bond donors (Lipinski definition) is 1. The molecule has 0 atom stereocenters. The smallest absolute Gasteiger partial charge is 0.252 e. The average molecular weight is 234 g/mol. The summed E-state index contributed by atoms with van der Waals surface area (Å²) in [7, 11) is 0. The first-order valence-electron chi connectivity index (χ1n) is 4.12. The molecular weight excluding hydrogens is 221 g/mol. The monoisotopic (exact) mass is 233 g/mol. The minimum absolute atomic E-state index is 0.717. The maximum Gasteiger partial charge on any atom is 0.252 e. The zero-order chi connectivity index (χ0) is 10.1. The SMILES string of the molecule is Cc1cccc(N)c1C[Si](C)(Cl)Cl. The van der Waals surface area contributed by atoms with E-state index in [2.05, 4.69) is 0 Å². The van der Waals surface area contributed by atoms with Gasteiger partial charge in [0, 0.05) is 5.69 Å². The number of hydrogen-bond acceptors (Lipinski definition) is 1. The van der Waals surface area contributed by atoms with Gasteiger partial charge in [0.25, 0.3) is 6.69 Å². The fourth-order valence-electron chi connectivity index (χ4n) is 1.28. The van der Waals surface area contributed by atoms with Gasteiger partial charge in [-0.1, -0.05) is 12.1 Å². The van der Waals surface area contributed by atoms with E-state index in [-0.39, 0.29) is 0 Å². The molecule has 4 heteroatoms. The summed E-state index contributed by atoms with van der Waals surface area (Å²) in [6.45, 7) is 1.84. The van der Waals surface area contributed by atoms with Gasteiger partial charge < -0.3 is 5.73 Å². The maximum atomic E-state index is 6.06. The van der Waals surface area contributed by atoms with Crippen LogP contribution in [-0.4, -0.2) is 6.69 Å². The Morgan fingerprint density at radius 2 is 2.00 bits per heavy atom. The molecule has 0 saturated carbocycles. The third-order valence-corrected chi connectivity index (χ3v) is 3.71. The largest absolute Gasteiger partial charge is 0.399 e. The van der Waals surface area contributed by atoms with Crippen molar-refractivity contribution in [3.8, 4) is 0 Å². The Bertz CT molecular complexity index is 287. The molecule has 72 valence electrons. The van der Waals surface area contributed by atoms with Gasteiger partial charge in [0.05, 0.1) is 0 Å². The molecule has 0 bridgehead atoms. The molecule has 1 aromatic rings. The van der Waals surface area contributed by atoms with Gasteiger partial charge in [-0.2, -0.15) is 0 Å². The van der Waals surface area contributed by atoms with Crippen molar-refractivity contribution < 1.29 is 0 Å². The molecule has 0 unspecified atom stereocenters. The normalized spacial score (nSPS) is 11.7. The van der Waals surface area contributed by atoms with E-state index in [4.69, 9.17) is 27.9 Å². The topological polar surface area (TPSA) is 26.0 Å². The molecule has 0 aliphatic rings. The van der Waals surface area contributed by atoms with Gasteiger partial charge in [-0.3, -0.25) is 0 Å². The minimum Gasteiger partial charge on any atom is -0.399 e. The van der Waals surface area contributed by atoms with Crippen LogP contribution < -0.4 is 5.73 Å². The molecule has 1 nitrogen and oxygen atoms in total. The molecule has 0 heterocycles. The molecule has 0 saturated heterocycles. The highest BCUT2D eigenvalue weighted by Gasteiger charge is 2.23. The van der Waals surface area contributed by atoms with Crippen LogP contribution in [0, 0.1) is 6.92 Å². The highest BCUT2D eigenvalue weighted by Crippen LogP contribution is 2.25. The predicted octanol–water partition coefficient (Wildman–Crippen LogP) is 3.21. The molecule has 1 rings (SSSR count). The number of nitrogen functional groups attached to an aromatic ring is 1. The van der Waals surface area contributed by atoms with Crippen molar-refractivity contribution in [1.82, 2.24) is 0 Å². The fourth-order valence-corrected chi connectivity index (χ4v) is 3.18. The Labute approximate surface area is 89.3 Å². The second-order valence-corrected chi connectivity index (χ2v) is 11.5. The number of aryl methyl sites for hydroxylation is 1. The molecule has 0 aromatic heterocycles. The minimum atomic E-state index is -2.10. The summed E-state index contributed by atoms with van der Waals surface area (Å²) >= 11 is 12.1. The van der Waals surface area contributed by atoms with Crippen LogP contribution >= 0.6 is 22.2 Å². The average Bonchev–Trinajstić information content (AvgIpc) is 1.95. The summed E-state index contributed by atoms with van der Waals surface area (Å²) in [5.41, 5.74) is 8.89. The van der Waals surface area contributed by atoms with E-state index in [1.54, 1.807) is 0 Å². The summed E-state index contributed by atoms with van der Waals surface area (Å²) in [5.74, 6) is 0. The van der Waals surface area contributed by atoms with Crippen LogP contribution in [0.5, 0.6) is 0 Å². The van der Waals surface area contributed by atoms with Crippen LogP contribution in [0.25, 0.3) is 0 Å². The van der Waals surface area contributed by atoms with Crippen LogP contribution in [-0.2, 0) is 6.04 Å². The van der Waals surface area contributed by atoms with Crippen molar-refractivity contribution in [2.75, 3.05) is 5.73 Å². The molecule has 0 fully saturated rings. The number of halogens is 2. The van der Waals surface area contributed by atoms with Crippen molar-refractivity contribution in [3.05, 3.63) is 29.3 Å². The second kappa shape index (κ2) is 3.90.